The van der Waals surface area contributed by atoms with Gasteiger partial charge in [-0.3, -0.25) is 4.98 Å². The Hall–Kier alpha value is -1.23. The van der Waals surface area contributed by atoms with Crippen molar-refractivity contribution < 1.29 is 0 Å². The van der Waals surface area contributed by atoms with Gasteiger partial charge in [-0.2, -0.15) is 0 Å². The van der Waals surface area contributed by atoms with Crippen molar-refractivity contribution in [2.75, 3.05) is 6.54 Å². The van der Waals surface area contributed by atoms with E-state index in [4.69, 9.17) is 0 Å². The molecule has 0 aliphatic rings. The second kappa shape index (κ2) is 6.69. The summed E-state index contributed by atoms with van der Waals surface area (Å²) in [6, 6.07) is 10.8. The van der Waals surface area contributed by atoms with Crippen LogP contribution in [0.1, 0.15) is 29.8 Å². The van der Waals surface area contributed by atoms with Crippen molar-refractivity contribution in [2.45, 2.75) is 19.4 Å². The van der Waals surface area contributed by atoms with Gasteiger partial charge in [-0.1, -0.05) is 31.2 Å². The molecule has 1 aromatic carbocycles. The highest BCUT2D eigenvalue weighted by Gasteiger charge is 2.18. The lowest BCUT2D eigenvalue weighted by Gasteiger charge is -2.19. The Labute approximate surface area is 137 Å². The molecular weight excluding hydrogens is 344 g/mol. The van der Waals surface area contributed by atoms with Crippen molar-refractivity contribution in [2.24, 2.45) is 0 Å². The van der Waals surface area contributed by atoms with Gasteiger partial charge in [0.05, 0.1) is 6.04 Å². The number of nitrogens with zero attached hydrogens (tertiary/aromatic N) is 1. The summed E-state index contributed by atoms with van der Waals surface area (Å²) in [5, 5.41) is 8.25. The molecular formula is C17H17BrN2S. The minimum atomic E-state index is 0.194. The molecule has 2 heterocycles. The summed E-state index contributed by atoms with van der Waals surface area (Å²) in [6.07, 6.45) is 5.03. The lowest BCUT2D eigenvalue weighted by molar-refractivity contribution is 0.607. The Kier molecular flexibility index (Phi) is 4.68. The summed E-state index contributed by atoms with van der Waals surface area (Å²) in [5.41, 5.74) is 1.25. The van der Waals surface area contributed by atoms with E-state index in [0.29, 0.717) is 0 Å². The predicted octanol–water partition coefficient (Wildman–Crippen LogP) is 5.15. The zero-order valence-electron chi connectivity index (χ0n) is 11.8. The molecule has 4 heteroatoms. The molecule has 0 radical (unpaired) electrons. The van der Waals surface area contributed by atoms with Crippen LogP contribution in [0.5, 0.6) is 0 Å². The minimum absolute atomic E-state index is 0.194. The number of fused-ring (bicyclic) bond motifs is 1. The topological polar surface area (TPSA) is 24.9 Å². The monoisotopic (exact) mass is 360 g/mol. The van der Waals surface area contributed by atoms with Gasteiger partial charge in [-0.15, -0.1) is 11.3 Å². The number of halogens is 1. The zero-order valence-corrected chi connectivity index (χ0v) is 14.2. The number of hydrogen-bond donors (Lipinski definition) is 1. The first kappa shape index (κ1) is 14.7. The van der Waals surface area contributed by atoms with Crippen LogP contribution in [0.25, 0.3) is 10.8 Å². The molecule has 0 saturated carbocycles. The van der Waals surface area contributed by atoms with Gasteiger partial charge >= 0.3 is 0 Å². The number of benzene rings is 1. The van der Waals surface area contributed by atoms with Crippen LogP contribution in [-0.4, -0.2) is 11.5 Å². The average Bonchev–Trinajstić information content (AvgIpc) is 2.94. The zero-order chi connectivity index (χ0) is 14.7. The first-order valence-corrected chi connectivity index (χ1v) is 8.77. The van der Waals surface area contributed by atoms with Crippen molar-refractivity contribution >= 4 is 38.0 Å². The molecule has 0 bridgehead atoms. The van der Waals surface area contributed by atoms with E-state index in [1.165, 1.54) is 21.2 Å². The van der Waals surface area contributed by atoms with Crippen LogP contribution in [0.3, 0.4) is 0 Å². The first-order valence-electron chi connectivity index (χ1n) is 7.09. The number of nitrogens with one attached hydrogen (secondary N) is 1. The molecule has 2 aromatic heterocycles. The van der Waals surface area contributed by atoms with Crippen LogP contribution < -0.4 is 5.32 Å². The number of hydrogen-bond acceptors (Lipinski definition) is 3. The maximum absolute atomic E-state index is 4.43. The van der Waals surface area contributed by atoms with Gasteiger partial charge in [-0.05, 0) is 40.3 Å². The molecule has 0 aliphatic carbocycles. The van der Waals surface area contributed by atoms with Crippen LogP contribution in [0.2, 0.25) is 0 Å². The van der Waals surface area contributed by atoms with Crippen LogP contribution in [0, 0.1) is 0 Å². The molecule has 2 nitrogen and oxygen atoms in total. The van der Waals surface area contributed by atoms with Crippen molar-refractivity contribution in [3.05, 3.63) is 63.0 Å². The van der Waals surface area contributed by atoms with Crippen molar-refractivity contribution in [3.63, 3.8) is 0 Å². The molecule has 108 valence electrons. The van der Waals surface area contributed by atoms with E-state index in [9.17, 15) is 0 Å². The molecule has 0 saturated heterocycles. The minimum Gasteiger partial charge on any atom is -0.306 e. The van der Waals surface area contributed by atoms with Gasteiger partial charge in [-0.25, -0.2) is 0 Å². The molecule has 0 spiro atoms. The van der Waals surface area contributed by atoms with Crippen LogP contribution in [0.4, 0.5) is 0 Å². The van der Waals surface area contributed by atoms with Crippen molar-refractivity contribution in [1.82, 2.24) is 10.3 Å². The SMILES string of the molecule is CCCNC(c1cc(Br)cs1)c1cncc2ccccc12. The van der Waals surface area contributed by atoms with Crippen molar-refractivity contribution in [1.29, 1.82) is 0 Å². The van der Waals surface area contributed by atoms with E-state index >= 15 is 0 Å². The third-order valence-electron chi connectivity index (χ3n) is 3.48. The van der Waals surface area contributed by atoms with E-state index in [1.54, 1.807) is 11.3 Å². The normalized spacial score (nSPS) is 12.7. The van der Waals surface area contributed by atoms with Gasteiger partial charge in [0.15, 0.2) is 0 Å². The largest absolute Gasteiger partial charge is 0.306 e. The predicted molar refractivity (Wildman–Crippen MR) is 93.9 cm³/mol. The van der Waals surface area contributed by atoms with E-state index in [1.807, 2.05) is 12.4 Å². The van der Waals surface area contributed by atoms with Crippen molar-refractivity contribution in [3.8, 4) is 0 Å². The lowest BCUT2D eigenvalue weighted by atomic mass is 10.0. The second-order valence-corrected chi connectivity index (χ2v) is 6.86. The highest BCUT2D eigenvalue weighted by molar-refractivity contribution is 9.10. The number of pyridine rings is 1. The van der Waals surface area contributed by atoms with E-state index < -0.39 is 0 Å². The lowest BCUT2D eigenvalue weighted by Crippen LogP contribution is -2.22. The maximum Gasteiger partial charge on any atom is 0.0692 e. The van der Waals surface area contributed by atoms with Gasteiger partial charge in [0.25, 0.3) is 0 Å². The molecule has 1 N–H and O–H groups in total. The van der Waals surface area contributed by atoms with Crippen LogP contribution >= 0.6 is 27.3 Å². The Morgan fingerprint density at radius 2 is 2.14 bits per heavy atom. The molecule has 1 unspecified atom stereocenters. The highest BCUT2D eigenvalue weighted by atomic mass is 79.9. The van der Waals surface area contributed by atoms with E-state index in [0.717, 1.165) is 17.4 Å². The maximum atomic E-state index is 4.43. The summed E-state index contributed by atoms with van der Waals surface area (Å²) in [6.45, 7) is 3.18. The summed E-state index contributed by atoms with van der Waals surface area (Å²) in [4.78, 5) is 5.74. The first-order chi connectivity index (χ1) is 10.3. The fourth-order valence-electron chi connectivity index (χ4n) is 2.50. The van der Waals surface area contributed by atoms with E-state index in [-0.39, 0.29) is 6.04 Å². The molecule has 0 fully saturated rings. The number of rotatable bonds is 5. The molecule has 0 aliphatic heterocycles. The quantitative estimate of drug-likeness (QED) is 0.680. The summed E-state index contributed by atoms with van der Waals surface area (Å²) in [5.74, 6) is 0. The molecule has 0 amide bonds. The Morgan fingerprint density at radius 3 is 2.90 bits per heavy atom. The standard InChI is InChI=1S/C17H17BrN2S/c1-2-7-20-17(16-8-13(18)11-21-16)15-10-19-9-12-5-3-4-6-14(12)15/h3-6,8-11,17,20H,2,7H2,1H3. The third kappa shape index (κ3) is 3.18. The Balaban J connectivity index is 2.09. The van der Waals surface area contributed by atoms with Gasteiger partial charge in [0, 0.05) is 38.1 Å². The fourth-order valence-corrected chi connectivity index (χ4v) is 4.04. The third-order valence-corrected chi connectivity index (χ3v) is 5.24. The number of thiophene rings is 1. The number of aromatic nitrogens is 1. The molecule has 1 atom stereocenters. The summed E-state index contributed by atoms with van der Waals surface area (Å²) < 4.78 is 1.14. The Bertz CT molecular complexity index is 733. The van der Waals surface area contributed by atoms with Crippen LogP contribution in [-0.2, 0) is 0 Å². The van der Waals surface area contributed by atoms with Gasteiger partial charge < -0.3 is 5.32 Å². The Morgan fingerprint density at radius 1 is 1.29 bits per heavy atom. The van der Waals surface area contributed by atoms with Gasteiger partial charge in [0.2, 0.25) is 0 Å². The summed E-state index contributed by atoms with van der Waals surface area (Å²) >= 11 is 5.33. The second-order valence-electron chi connectivity index (χ2n) is 5.00. The smallest absolute Gasteiger partial charge is 0.0692 e. The fraction of sp³-hybridized carbons (Fsp3) is 0.235. The average molecular weight is 361 g/mol. The van der Waals surface area contributed by atoms with Crippen LogP contribution in [0.15, 0.2) is 52.6 Å². The van der Waals surface area contributed by atoms with E-state index in [2.05, 4.69) is 68.9 Å². The molecule has 21 heavy (non-hydrogen) atoms. The molecule has 3 aromatic rings. The molecule has 3 rings (SSSR count). The van der Waals surface area contributed by atoms with Gasteiger partial charge in [0.1, 0.15) is 0 Å². The summed E-state index contributed by atoms with van der Waals surface area (Å²) in [7, 11) is 0. The highest BCUT2D eigenvalue weighted by Crippen LogP contribution is 2.33.